The summed E-state index contributed by atoms with van der Waals surface area (Å²) in [5.74, 6) is 0.543. The normalized spacial score (nSPS) is 11.2. The van der Waals surface area contributed by atoms with Crippen molar-refractivity contribution >= 4 is 5.82 Å². The zero-order chi connectivity index (χ0) is 11.3. The Morgan fingerprint density at radius 3 is 2.80 bits per heavy atom. The van der Waals surface area contributed by atoms with Crippen LogP contribution in [0.5, 0.6) is 0 Å². The van der Waals surface area contributed by atoms with Crippen molar-refractivity contribution in [3.05, 3.63) is 5.69 Å². The number of aromatic nitrogens is 3. The summed E-state index contributed by atoms with van der Waals surface area (Å²) in [5.41, 5.74) is 6.74. The minimum absolute atomic E-state index is 0.250. The summed E-state index contributed by atoms with van der Waals surface area (Å²) in [6.45, 7) is 7.52. The number of nitrogen functional groups attached to an aromatic ring is 1. The Labute approximate surface area is 90.6 Å². The van der Waals surface area contributed by atoms with Gasteiger partial charge in [0.25, 0.3) is 0 Å². The van der Waals surface area contributed by atoms with Crippen molar-refractivity contribution in [2.24, 2.45) is 0 Å². The van der Waals surface area contributed by atoms with Crippen LogP contribution in [0.3, 0.4) is 0 Å². The molecule has 0 unspecified atom stereocenters. The highest BCUT2D eigenvalue weighted by Gasteiger charge is 2.08. The van der Waals surface area contributed by atoms with Gasteiger partial charge in [-0.2, -0.15) is 0 Å². The fraction of sp³-hybridized carbons (Fsp3) is 0.800. The molecular weight excluding hydrogens is 192 g/mol. The lowest BCUT2D eigenvalue weighted by atomic mass is 10.2. The maximum Gasteiger partial charge on any atom is 0.169 e. The average molecular weight is 212 g/mol. The van der Waals surface area contributed by atoms with Gasteiger partial charge in [0.1, 0.15) is 0 Å². The number of rotatable bonds is 6. The van der Waals surface area contributed by atoms with Gasteiger partial charge in [-0.3, -0.25) is 0 Å². The second-order valence-corrected chi connectivity index (χ2v) is 3.81. The van der Waals surface area contributed by atoms with Crippen molar-refractivity contribution in [1.29, 1.82) is 0 Å². The molecule has 0 atom stereocenters. The van der Waals surface area contributed by atoms with Gasteiger partial charge in [-0.15, -0.1) is 5.10 Å². The number of ether oxygens (including phenoxy) is 1. The number of nitrogens with zero attached hydrogens (tertiary/aromatic N) is 3. The summed E-state index contributed by atoms with van der Waals surface area (Å²) < 4.78 is 7.29. The number of nitrogens with two attached hydrogens (primary N) is 1. The van der Waals surface area contributed by atoms with Crippen molar-refractivity contribution in [3.63, 3.8) is 0 Å². The van der Waals surface area contributed by atoms with E-state index in [1.165, 1.54) is 0 Å². The van der Waals surface area contributed by atoms with Gasteiger partial charge >= 0.3 is 0 Å². The van der Waals surface area contributed by atoms with Gasteiger partial charge in [0, 0.05) is 0 Å². The molecule has 0 aliphatic carbocycles. The lowest BCUT2D eigenvalue weighted by Gasteiger charge is -2.09. The summed E-state index contributed by atoms with van der Waals surface area (Å²) in [4.78, 5) is 0. The maximum absolute atomic E-state index is 5.72. The summed E-state index contributed by atoms with van der Waals surface area (Å²) in [5, 5.41) is 7.86. The highest BCUT2D eigenvalue weighted by atomic mass is 16.5. The largest absolute Gasteiger partial charge is 0.381 e. The first kappa shape index (κ1) is 12.0. The molecule has 0 saturated heterocycles. The molecule has 1 rings (SSSR count). The molecule has 0 aliphatic heterocycles. The molecule has 0 radical (unpaired) electrons. The predicted molar refractivity (Wildman–Crippen MR) is 59.5 cm³/mol. The van der Waals surface area contributed by atoms with E-state index in [0.29, 0.717) is 12.4 Å². The van der Waals surface area contributed by atoms with Crippen molar-refractivity contribution < 1.29 is 4.74 Å². The van der Waals surface area contributed by atoms with Gasteiger partial charge in [0.15, 0.2) is 5.82 Å². The molecule has 86 valence electrons. The molecule has 0 bridgehead atoms. The summed E-state index contributed by atoms with van der Waals surface area (Å²) in [6, 6.07) is 0. The third-order valence-electron chi connectivity index (χ3n) is 2.11. The van der Waals surface area contributed by atoms with Gasteiger partial charge in [0.05, 0.1) is 24.9 Å². The lowest BCUT2D eigenvalue weighted by Crippen LogP contribution is -2.14. The minimum atomic E-state index is 0.250. The molecule has 1 aromatic heterocycles. The Bertz CT molecular complexity index is 296. The fourth-order valence-electron chi connectivity index (χ4n) is 1.39. The van der Waals surface area contributed by atoms with E-state index in [1.807, 2.05) is 18.5 Å². The highest BCUT2D eigenvalue weighted by Crippen LogP contribution is 2.09. The van der Waals surface area contributed by atoms with Crippen LogP contribution < -0.4 is 5.73 Å². The molecule has 0 saturated carbocycles. The van der Waals surface area contributed by atoms with Crippen molar-refractivity contribution in [3.8, 4) is 0 Å². The number of hydrogen-bond donors (Lipinski definition) is 1. The monoisotopic (exact) mass is 212 g/mol. The summed E-state index contributed by atoms with van der Waals surface area (Å²) in [7, 11) is 0. The molecule has 0 spiro atoms. The van der Waals surface area contributed by atoms with E-state index in [9.17, 15) is 0 Å². The van der Waals surface area contributed by atoms with Crippen LogP contribution in [0, 0.1) is 0 Å². The molecule has 1 aromatic rings. The van der Waals surface area contributed by atoms with Crippen LogP contribution in [0.4, 0.5) is 5.82 Å². The minimum Gasteiger partial charge on any atom is -0.381 e. The summed E-state index contributed by atoms with van der Waals surface area (Å²) in [6.07, 6.45) is 2.21. The van der Waals surface area contributed by atoms with E-state index in [0.717, 1.165) is 25.1 Å². The molecule has 5 heteroatoms. The highest BCUT2D eigenvalue weighted by molar-refractivity contribution is 5.32. The topological polar surface area (TPSA) is 66.0 Å². The molecule has 0 aliphatic rings. The SMILES string of the molecule is CCCc1c(N)nnn1CCOC(C)C. The van der Waals surface area contributed by atoms with Gasteiger partial charge in [-0.1, -0.05) is 18.6 Å². The predicted octanol–water partition coefficient (Wildman–Crippen LogP) is 1.24. The van der Waals surface area contributed by atoms with E-state index in [1.54, 1.807) is 0 Å². The Balaban J connectivity index is 2.52. The molecule has 15 heavy (non-hydrogen) atoms. The first-order valence-corrected chi connectivity index (χ1v) is 5.44. The van der Waals surface area contributed by atoms with Crippen LogP contribution in [-0.2, 0) is 17.7 Å². The molecule has 0 amide bonds. The summed E-state index contributed by atoms with van der Waals surface area (Å²) >= 11 is 0. The molecule has 0 aromatic carbocycles. The molecule has 2 N–H and O–H groups in total. The van der Waals surface area contributed by atoms with Crippen LogP contribution in [0.15, 0.2) is 0 Å². The van der Waals surface area contributed by atoms with Gasteiger partial charge in [0.2, 0.25) is 0 Å². The van der Waals surface area contributed by atoms with Crippen LogP contribution in [0.25, 0.3) is 0 Å². The molecule has 0 fully saturated rings. The first-order chi connectivity index (χ1) is 7.15. The van der Waals surface area contributed by atoms with Gasteiger partial charge in [-0.25, -0.2) is 4.68 Å². The van der Waals surface area contributed by atoms with E-state index in [2.05, 4.69) is 17.2 Å². The third kappa shape index (κ3) is 3.51. The lowest BCUT2D eigenvalue weighted by molar-refractivity contribution is 0.0702. The first-order valence-electron chi connectivity index (χ1n) is 5.44. The Hall–Kier alpha value is -1.10. The van der Waals surface area contributed by atoms with E-state index >= 15 is 0 Å². The van der Waals surface area contributed by atoms with E-state index in [-0.39, 0.29) is 6.10 Å². The molecule has 5 nitrogen and oxygen atoms in total. The van der Waals surface area contributed by atoms with Crippen LogP contribution in [0.1, 0.15) is 32.9 Å². The zero-order valence-electron chi connectivity index (χ0n) is 9.73. The average Bonchev–Trinajstić information content (AvgIpc) is 2.50. The van der Waals surface area contributed by atoms with E-state index < -0.39 is 0 Å². The van der Waals surface area contributed by atoms with Crippen molar-refractivity contribution in [2.75, 3.05) is 12.3 Å². The second-order valence-electron chi connectivity index (χ2n) is 3.81. The molecule has 1 heterocycles. The second kappa shape index (κ2) is 5.70. The van der Waals surface area contributed by atoms with Crippen molar-refractivity contribution in [2.45, 2.75) is 46.3 Å². The van der Waals surface area contributed by atoms with Gasteiger partial charge in [-0.05, 0) is 20.3 Å². The molecular formula is C10H20N4O. The van der Waals surface area contributed by atoms with E-state index in [4.69, 9.17) is 10.5 Å². The standard InChI is InChI=1S/C10H20N4O/c1-4-5-9-10(11)12-13-14(9)6-7-15-8(2)3/h8H,4-7,11H2,1-3H3. The number of hydrogen-bond acceptors (Lipinski definition) is 4. The van der Waals surface area contributed by atoms with Crippen molar-refractivity contribution in [1.82, 2.24) is 15.0 Å². The van der Waals surface area contributed by atoms with Crippen LogP contribution in [0.2, 0.25) is 0 Å². The smallest absolute Gasteiger partial charge is 0.169 e. The Kier molecular flexibility index (Phi) is 4.55. The quantitative estimate of drug-likeness (QED) is 0.770. The number of anilines is 1. The Morgan fingerprint density at radius 2 is 2.20 bits per heavy atom. The van der Waals surface area contributed by atoms with Crippen LogP contribution >= 0.6 is 0 Å². The van der Waals surface area contributed by atoms with Gasteiger partial charge < -0.3 is 10.5 Å². The third-order valence-corrected chi connectivity index (χ3v) is 2.11. The fourth-order valence-corrected chi connectivity index (χ4v) is 1.39. The Morgan fingerprint density at radius 1 is 1.47 bits per heavy atom. The van der Waals surface area contributed by atoms with Crippen LogP contribution in [-0.4, -0.2) is 27.7 Å². The maximum atomic E-state index is 5.72. The zero-order valence-corrected chi connectivity index (χ0v) is 9.73.